The highest BCUT2D eigenvalue weighted by atomic mass is 35.5. The number of carbonyl (C=O) groups is 1. The van der Waals surface area contributed by atoms with Gasteiger partial charge in [0.2, 0.25) is 5.91 Å². The fraction of sp³-hybridized carbons (Fsp3) is 0.533. The largest absolute Gasteiger partial charge is 0.330 e. The number of nitrogens with one attached hydrogen (secondary N) is 1. The number of amides is 1. The number of piperidine rings is 1. The van der Waals surface area contributed by atoms with Gasteiger partial charge in [-0.3, -0.25) is 4.79 Å². The summed E-state index contributed by atoms with van der Waals surface area (Å²) in [5, 5.41) is 2.72. The van der Waals surface area contributed by atoms with Crippen LogP contribution < -0.4 is 11.1 Å². The van der Waals surface area contributed by atoms with Crippen LogP contribution in [0.5, 0.6) is 0 Å². The molecule has 4 nitrogen and oxygen atoms in total. The Morgan fingerprint density at radius 1 is 1.48 bits per heavy atom. The lowest BCUT2D eigenvalue weighted by molar-refractivity contribution is -0.116. The predicted octanol–water partition coefficient (Wildman–Crippen LogP) is 2.25. The number of halogens is 2. The number of hydrogen-bond donors (Lipinski definition) is 2. The Morgan fingerprint density at radius 3 is 3.00 bits per heavy atom. The van der Waals surface area contributed by atoms with E-state index in [2.05, 4.69) is 10.2 Å². The van der Waals surface area contributed by atoms with Crippen molar-refractivity contribution in [3.05, 3.63) is 30.1 Å². The van der Waals surface area contributed by atoms with Gasteiger partial charge in [0.1, 0.15) is 5.82 Å². The number of rotatable bonds is 5. The van der Waals surface area contributed by atoms with Gasteiger partial charge in [-0.15, -0.1) is 12.4 Å². The van der Waals surface area contributed by atoms with Crippen molar-refractivity contribution in [1.82, 2.24) is 4.90 Å². The zero-order valence-corrected chi connectivity index (χ0v) is 12.9. The smallest absolute Gasteiger partial charge is 0.225 e. The zero-order chi connectivity index (χ0) is 14.4. The average molecular weight is 316 g/mol. The fourth-order valence-corrected chi connectivity index (χ4v) is 2.60. The van der Waals surface area contributed by atoms with Crippen LogP contribution in [0.25, 0.3) is 0 Å². The van der Waals surface area contributed by atoms with E-state index in [0.29, 0.717) is 24.6 Å². The number of nitrogens with zero attached hydrogens (tertiary/aromatic N) is 1. The van der Waals surface area contributed by atoms with Crippen LogP contribution >= 0.6 is 12.4 Å². The number of likely N-dealkylation sites (tertiary alicyclic amines) is 1. The van der Waals surface area contributed by atoms with Crippen molar-refractivity contribution in [3.63, 3.8) is 0 Å². The van der Waals surface area contributed by atoms with Crippen LogP contribution in [0.15, 0.2) is 24.3 Å². The van der Waals surface area contributed by atoms with Gasteiger partial charge in [0.25, 0.3) is 0 Å². The molecule has 3 N–H and O–H groups in total. The van der Waals surface area contributed by atoms with E-state index in [1.165, 1.54) is 18.6 Å². The third kappa shape index (κ3) is 5.99. The Morgan fingerprint density at radius 2 is 2.29 bits per heavy atom. The first kappa shape index (κ1) is 17.9. The Kier molecular flexibility index (Phi) is 7.64. The predicted molar refractivity (Wildman–Crippen MR) is 85.1 cm³/mol. The van der Waals surface area contributed by atoms with Crippen LogP contribution in [0.2, 0.25) is 0 Å². The van der Waals surface area contributed by atoms with E-state index in [0.717, 1.165) is 26.1 Å². The summed E-state index contributed by atoms with van der Waals surface area (Å²) in [7, 11) is 0. The maximum Gasteiger partial charge on any atom is 0.225 e. The second-order valence-electron chi connectivity index (χ2n) is 5.35. The van der Waals surface area contributed by atoms with Crippen molar-refractivity contribution in [2.45, 2.75) is 19.3 Å². The third-order valence-corrected chi connectivity index (χ3v) is 3.70. The highest BCUT2D eigenvalue weighted by Gasteiger charge is 2.18. The molecule has 1 aromatic rings. The third-order valence-electron chi connectivity index (χ3n) is 3.70. The van der Waals surface area contributed by atoms with E-state index in [1.807, 2.05) is 0 Å². The van der Waals surface area contributed by atoms with Crippen molar-refractivity contribution < 1.29 is 9.18 Å². The molecular formula is C15H23ClFN3O. The molecule has 118 valence electrons. The van der Waals surface area contributed by atoms with E-state index in [9.17, 15) is 9.18 Å². The summed E-state index contributed by atoms with van der Waals surface area (Å²) in [6.45, 7) is 3.46. The molecule has 0 saturated carbocycles. The lowest BCUT2D eigenvalue weighted by Gasteiger charge is -2.31. The minimum absolute atomic E-state index is 0. The first-order valence-corrected chi connectivity index (χ1v) is 7.15. The molecule has 0 aliphatic carbocycles. The summed E-state index contributed by atoms with van der Waals surface area (Å²) in [6, 6.07) is 5.95. The van der Waals surface area contributed by atoms with Gasteiger partial charge in [0, 0.05) is 25.2 Å². The van der Waals surface area contributed by atoms with Crippen molar-refractivity contribution >= 4 is 24.0 Å². The van der Waals surface area contributed by atoms with Gasteiger partial charge in [0.15, 0.2) is 0 Å². The fourth-order valence-electron chi connectivity index (χ4n) is 2.60. The summed E-state index contributed by atoms with van der Waals surface area (Å²) >= 11 is 0. The number of carbonyl (C=O) groups excluding carboxylic acids is 1. The lowest BCUT2D eigenvalue weighted by atomic mass is 9.98. The van der Waals surface area contributed by atoms with Crippen LogP contribution in [0.1, 0.15) is 19.3 Å². The molecule has 21 heavy (non-hydrogen) atoms. The normalized spacial score (nSPS) is 18.9. The van der Waals surface area contributed by atoms with Crippen LogP contribution in [-0.2, 0) is 4.79 Å². The molecule has 1 atom stereocenters. The summed E-state index contributed by atoms with van der Waals surface area (Å²) in [5.74, 6) is 0.130. The molecule has 0 radical (unpaired) electrons. The van der Waals surface area contributed by atoms with Crippen molar-refractivity contribution in [2.75, 3.05) is 31.5 Å². The number of nitrogens with two attached hydrogens (primary N) is 1. The first-order chi connectivity index (χ1) is 9.67. The van der Waals surface area contributed by atoms with Gasteiger partial charge in [-0.1, -0.05) is 6.07 Å². The van der Waals surface area contributed by atoms with E-state index in [4.69, 9.17) is 5.73 Å². The SMILES string of the molecule is Cl.NCC1CCCN(CCC(=O)Nc2cccc(F)c2)C1. The van der Waals surface area contributed by atoms with Gasteiger partial charge < -0.3 is 16.0 Å². The molecule has 6 heteroatoms. The molecule has 0 bridgehead atoms. The Labute approximate surface area is 131 Å². The maximum atomic E-state index is 13.0. The molecule has 1 amide bonds. The van der Waals surface area contributed by atoms with Crippen LogP contribution in [0, 0.1) is 11.7 Å². The molecule has 1 aliphatic heterocycles. The molecule has 2 rings (SSSR count). The van der Waals surface area contributed by atoms with Crippen LogP contribution in [0.4, 0.5) is 10.1 Å². The Balaban J connectivity index is 0.00000220. The van der Waals surface area contributed by atoms with Crippen molar-refractivity contribution in [1.29, 1.82) is 0 Å². The van der Waals surface area contributed by atoms with Crippen LogP contribution in [-0.4, -0.2) is 37.0 Å². The molecule has 1 unspecified atom stereocenters. The summed E-state index contributed by atoms with van der Waals surface area (Å²) in [5.41, 5.74) is 6.20. The molecule has 1 heterocycles. The average Bonchev–Trinajstić information content (AvgIpc) is 2.45. The quantitative estimate of drug-likeness (QED) is 0.876. The molecular weight excluding hydrogens is 293 g/mol. The van der Waals surface area contributed by atoms with Gasteiger partial charge in [-0.2, -0.15) is 0 Å². The Bertz CT molecular complexity index is 458. The summed E-state index contributed by atoms with van der Waals surface area (Å²) in [4.78, 5) is 14.1. The minimum atomic E-state index is -0.343. The van der Waals surface area contributed by atoms with Gasteiger partial charge in [0.05, 0.1) is 0 Å². The van der Waals surface area contributed by atoms with Crippen molar-refractivity contribution in [2.24, 2.45) is 11.7 Å². The van der Waals surface area contributed by atoms with Gasteiger partial charge in [-0.25, -0.2) is 4.39 Å². The zero-order valence-electron chi connectivity index (χ0n) is 12.1. The number of anilines is 1. The number of benzene rings is 1. The monoisotopic (exact) mass is 315 g/mol. The second-order valence-corrected chi connectivity index (χ2v) is 5.35. The van der Waals surface area contributed by atoms with E-state index in [-0.39, 0.29) is 24.1 Å². The molecule has 0 aromatic heterocycles. The summed E-state index contributed by atoms with van der Waals surface area (Å²) < 4.78 is 13.0. The maximum absolute atomic E-state index is 13.0. The minimum Gasteiger partial charge on any atom is -0.330 e. The molecule has 1 aromatic carbocycles. The highest BCUT2D eigenvalue weighted by molar-refractivity contribution is 5.90. The molecule has 1 fully saturated rings. The van der Waals surface area contributed by atoms with E-state index < -0.39 is 0 Å². The molecule has 1 saturated heterocycles. The van der Waals surface area contributed by atoms with Gasteiger partial charge in [-0.05, 0) is 50.0 Å². The van der Waals surface area contributed by atoms with Gasteiger partial charge >= 0.3 is 0 Å². The Hall–Kier alpha value is -1.17. The summed E-state index contributed by atoms with van der Waals surface area (Å²) in [6.07, 6.45) is 2.75. The van der Waals surface area contributed by atoms with E-state index in [1.54, 1.807) is 12.1 Å². The van der Waals surface area contributed by atoms with E-state index >= 15 is 0 Å². The molecule has 0 spiro atoms. The van der Waals surface area contributed by atoms with Crippen LogP contribution in [0.3, 0.4) is 0 Å². The second kappa shape index (κ2) is 8.97. The van der Waals surface area contributed by atoms with Crippen molar-refractivity contribution in [3.8, 4) is 0 Å². The first-order valence-electron chi connectivity index (χ1n) is 7.15. The molecule has 1 aliphatic rings. The highest BCUT2D eigenvalue weighted by Crippen LogP contribution is 2.15. The standard InChI is InChI=1S/C15H22FN3O.ClH/c16-13-4-1-5-14(9-13)18-15(20)6-8-19-7-2-3-12(10-17)11-19;/h1,4-5,9,12H,2-3,6-8,10-11,17H2,(H,18,20);1H. The lowest BCUT2D eigenvalue weighted by Crippen LogP contribution is -2.39. The topological polar surface area (TPSA) is 58.4 Å². The number of hydrogen-bond acceptors (Lipinski definition) is 3.